The van der Waals surface area contributed by atoms with Gasteiger partial charge in [-0.1, -0.05) is 38.4 Å². The van der Waals surface area contributed by atoms with E-state index in [-0.39, 0.29) is 0 Å². The van der Waals surface area contributed by atoms with Crippen LogP contribution in [0.3, 0.4) is 0 Å². The van der Waals surface area contributed by atoms with E-state index in [2.05, 4.69) is 58.5 Å². The molecule has 0 unspecified atom stereocenters. The molecule has 1 N–H and O–H groups in total. The first-order valence-corrected chi connectivity index (χ1v) is 13.4. The molecule has 0 aliphatic rings. The Labute approximate surface area is 171 Å². The van der Waals surface area contributed by atoms with Crippen LogP contribution in [-0.4, -0.2) is 24.2 Å². The van der Waals surface area contributed by atoms with Gasteiger partial charge in [0.2, 0.25) is 0 Å². The normalized spacial score (nSPS) is 11.3. The van der Waals surface area contributed by atoms with Gasteiger partial charge >= 0.3 is 0 Å². The van der Waals surface area contributed by atoms with Crippen molar-refractivity contribution >= 4 is 29.7 Å². The van der Waals surface area contributed by atoms with Gasteiger partial charge in [-0.3, -0.25) is 0 Å². The van der Waals surface area contributed by atoms with Crippen molar-refractivity contribution in [2.75, 3.05) is 6.61 Å². The second kappa shape index (κ2) is 9.35. The minimum absolute atomic E-state index is 0.460. The first-order chi connectivity index (χ1) is 12.7. The van der Waals surface area contributed by atoms with Gasteiger partial charge in [0.1, 0.15) is 11.3 Å². The van der Waals surface area contributed by atoms with Crippen LogP contribution in [0.5, 0.6) is 0 Å². The van der Waals surface area contributed by atoms with Crippen molar-refractivity contribution in [3.05, 3.63) is 58.1 Å². The minimum Gasteiger partial charge on any atom is -0.378 e. The van der Waals surface area contributed by atoms with Crippen LogP contribution in [-0.2, 0) is 18.0 Å². The summed E-state index contributed by atoms with van der Waals surface area (Å²) in [5.74, 6) is 0.765. The zero-order chi connectivity index (χ0) is 20.0. The number of nitrogens with zero attached hydrogens (tertiary/aromatic N) is 3. The van der Waals surface area contributed by atoms with E-state index in [0.29, 0.717) is 18.8 Å². The largest absolute Gasteiger partial charge is 0.378 e. The Balaban J connectivity index is 2.00. The van der Waals surface area contributed by atoms with Crippen molar-refractivity contribution in [2.24, 2.45) is 0 Å². The van der Waals surface area contributed by atoms with Crippen molar-refractivity contribution in [3.8, 4) is 6.07 Å². The standard InChI is InChI=1S/C20H27BrN4OSi/c1-15(23-13-18-8-6-17(12-22)7-9-18)20-24-19(21)16(2)25(20)14-26-10-11-27(3,4)5/h6-9,23H,1,10-11,13-14H2,2-5H3. The quantitative estimate of drug-likeness (QED) is 0.439. The summed E-state index contributed by atoms with van der Waals surface area (Å²) in [5.41, 5.74) is 3.49. The Bertz CT molecular complexity index is 831. The molecule has 27 heavy (non-hydrogen) atoms. The molecule has 0 aliphatic carbocycles. The summed E-state index contributed by atoms with van der Waals surface area (Å²) in [7, 11) is -1.11. The van der Waals surface area contributed by atoms with Gasteiger partial charge in [0.05, 0.1) is 23.0 Å². The maximum atomic E-state index is 8.88. The van der Waals surface area contributed by atoms with Gasteiger partial charge in [-0.2, -0.15) is 5.26 Å². The monoisotopic (exact) mass is 446 g/mol. The molecule has 0 saturated carbocycles. The Morgan fingerprint density at radius 1 is 1.33 bits per heavy atom. The molecule has 0 bridgehead atoms. The van der Waals surface area contributed by atoms with E-state index in [1.165, 1.54) is 0 Å². The minimum atomic E-state index is -1.11. The van der Waals surface area contributed by atoms with E-state index in [4.69, 9.17) is 10.00 Å². The molecule has 7 heteroatoms. The second-order valence-electron chi connectivity index (χ2n) is 7.73. The lowest BCUT2D eigenvalue weighted by atomic mass is 10.1. The van der Waals surface area contributed by atoms with E-state index in [0.717, 1.165) is 40.0 Å². The second-order valence-corrected chi connectivity index (χ2v) is 14.1. The fourth-order valence-electron chi connectivity index (χ4n) is 2.41. The third-order valence-electron chi connectivity index (χ3n) is 4.24. The summed E-state index contributed by atoms with van der Waals surface area (Å²) in [6, 6.07) is 10.8. The molecule has 1 aromatic carbocycles. The molecule has 0 atom stereocenters. The summed E-state index contributed by atoms with van der Waals surface area (Å²) in [6.45, 7) is 15.0. The highest BCUT2D eigenvalue weighted by Crippen LogP contribution is 2.21. The van der Waals surface area contributed by atoms with Gasteiger partial charge in [0.25, 0.3) is 0 Å². The Morgan fingerprint density at radius 2 is 2.00 bits per heavy atom. The number of halogens is 1. The predicted molar refractivity (Wildman–Crippen MR) is 116 cm³/mol. The Hall–Kier alpha value is -1.88. The van der Waals surface area contributed by atoms with Crippen LogP contribution in [0.15, 0.2) is 35.4 Å². The summed E-state index contributed by atoms with van der Waals surface area (Å²) in [6.07, 6.45) is 0. The van der Waals surface area contributed by atoms with Crippen molar-refractivity contribution in [1.29, 1.82) is 5.26 Å². The summed E-state index contributed by atoms with van der Waals surface area (Å²) in [4.78, 5) is 4.58. The molecular weight excluding hydrogens is 420 g/mol. The van der Waals surface area contributed by atoms with Crippen molar-refractivity contribution in [1.82, 2.24) is 14.9 Å². The molecule has 1 aromatic heterocycles. The van der Waals surface area contributed by atoms with Crippen molar-refractivity contribution in [2.45, 2.75) is 45.9 Å². The van der Waals surface area contributed by atoms with Crippen LogP contribution in [0.1, 0.15) is 22.6 Å². The molecule has 2 aromatic rings. The topological polar surface area (TPSA) is 62.9 Å². The van der Waals surface area contributed by atoms with Gasteiger partial charge in [0.15, 0.2) is 5.82 Å². The molecule has 1 heterocycles. The first-order valence-electron chi connectivity index (χ1n) is 8.94. The number of hydrogen-bond acceptors (Lipinski definition) is 4. The van der Waals surface area contributed by atoms with Crippen LogP contribution >= 0.6 is 15.9 Å². The molecule has 0 fully saturated rings. The molecule has 0 radical (unpaired) electrons. The highest BCUT2D eigenvalue weighted by molar-refractivity contribution is 9.10. The lowest BCUT2D eigenvalue weighted by molar-refractivity contribution is 0.0851. The van der Waals surface area contributed by atoms with Gasteiger partial charge < -0.3 is 14.6 Å². The van der Waals surface area contributed by atoms with E-state index >= 15 is 0 Å². The van der Waals surface area contributed by atoms with E-state index in [9.17, 15) is 0 Å². The van der Waals surface area contributed by atoms with E-state index in [1.807, 2.05) is 35.8 Å². The van der Waals surface area contributed by atoms with Gasteiger partial charge in [-0.15, -0.1) is 0 Å². The van der Waals surface area contributed by atoms with Crippen LogP contribution in [0.25, 0.3) is 5.70 Å². The summed E-state index contributed by atoms with van der Waals surface area (Å²) >= 11 is 3.51. The van der Waals surface area contributed by atoms with Crippen molar-refractivity contribution in [3.63, 3.8) is 0 Å². The van der Waals surface area contributed by atoms with Crippen LogP contribution in [0, 0.1) is 18.3 Å². The van der Waals surface area contributed by atoms with Gasteiger partial charge in [-0.25, -0.2) is 4.98 Å². The molecule has 144 valence electrons. The molecular formula is C20H27BrN4OSi. The molecule has 0 spiro atoms. The number of imidazole rings is 1. The SMILES string of the molecule is C=C(NCc1ccc(C#N)cc1)c1nc(Br)c(C)n1COCC[Si](C)(C)C. The van der Waals surface area contributed by atoms with Gasteiger partial charge in [0, 0.05) is 21.2 Å². The highest BCUT2D eigenvalue weighted by atomic mass is 79.9. The fraction of sp³-hybridized carbons (Fsp3) is 0.400. The lowest BCUT2D eigenvalue weighted by Gasteiger charge is -2.17. The number of benzene rings is 1. The molecule has 0 amide bonds. The third-order valence-corrected chi connectivity index (χ3v) is 6.69. The number of hydrogen-bond donors (Lipinski definition) is 1. The van der Waals surface area contributed by atoms with Crippen LogP contribution < -0.4 is 5.32 Å². The number of nitriles is 1. The number of rotatable bonds is 9. The first kappa shape index (κ1) is 21.4. The molecule has 0 aliphatic heterocycles. The smallest absolute Gasteiger partial charge is 0.158 e. The highest BCUT2D eigenvalue weighted by Gasteiger charge is 2.16. The zero-order valence-electron chi connectivity index (χ0n) is 16.5. The van der Waals surface area contributed by atoms with Gasteiger partial charge in [-0.05, 0) is 46.6 Å². The summed E-state index contributed by atoms with van der Waals surface area (Å²) in [5, 5.41) is 12.2. The molecule has 0 saturated heterocycles. The molecule has 5 nitrogen and oxygen atoms in total. The average molecular weight is 447 g/mol. The predicted octanol–water partition coefficient (Wildman–Crippen LogP) is 4.90. The van der Waals surface area contributed by atoms with Crippen LogP contribution in [0.2, 0.25) is 25.7 Å². The maximum Gasteiger partial charge on any atom is 0.158 e. The van der Waals surface area contributed by atoms with Crippen LogP contribution in [0.4, 0.5) is 0 Å². The van der Waals surface area contributed by atoms with E-state index < -0.39 is 8.07 Å². The fourth-order valence-corrected chi connectivity index (χ4v) is 3.55. The number of ether oxygens (including phenoxy) is 1. The Morgan fingerprint density at radius 3 is 2.59 bits per heavy atom. The molecule has 2 rings (SSSR count). The number of aromatic nitrogens is 2. The zero-order valence-corrected chi connectivity index (χ0v) is 19.1. The average Bonchev–Trinajstić information content (AvgIpc) is 2.91. The lowest BCUT2D eigenvalue weighted by Crippen LogP contribution is -2.22. The number of nitrogens with one attached hydrogen (secondary N) is 1. The Kier molecular flexibility index (Phi) is 7.42. The van der Waals surface area contributed by atoms with Crippen molar-refractivity contribution < 1.29 is 4.74 Å². The summed E-state index contributed by atoms with van der Waals surface area (Å²) < 4.78 is 8.74. The maximum absolute atomic E-state index is 8.88. The van der Waals surface area contributed by atoms with E-state index in [1.54, 1.807) is 0 Å². The third kappa shape index (κ3) is 6.35.